The molecule has 1 saturated heterocycles. The lowest BCUT2D eigenvalue weighted by Gasteiger charge is -2.27. The highest BCUT2D eigenvalue weighted by molar-refractivity contribution is 5.96. The van der Waals surface area contributed by atoms with Crippen LogP contribution < -0.4 is 5.73 Å². The van der Waals surface area contributed by atoms with Crippen LogP contribution in [0, 0.1) is 0 Å². The second-order valence-electron chi connectivity index (χ2n) is 4.62. The van der Waals surface area contributed by atoms with Crippen molar-refractivity contribution in [1.82, 2.24) is 9.88 Å². The van der Waals surface area contributed by atoms with Crippen molar-refractivity contribution in [1.29, 1.82) is 0 Å². The molecule has 2 N–H and O–H groups in total. The zero-order valence-corrected chi connectivity index (χ0v) is 10.6. The molecule has 0 aromatic carbocycles. The van der Waals surface area contributed by atoms with Crippen LogP contribution in [0.4, 0.5) is 5.69 Å². The molecule has 1 aromatic heterocycles. The maximum Gasteiger partial charge on any atom is 0.274 e. The van der Waals surface area contributed by atoms with Gasteiger partial charge in [0.05, 0.1) is 11.8 Å². The fourth-order valence-electron chi connectivity index (χ4n) is 2.12. The molecule has 0 spiro atoms. The standard InChI is InChI=1S/C13H19N3O2/c1-16(9-10-5-2-3-8-18-10)13(17)12-11(14)6-4-7-15-12/h4,6-7,10H,2-3,5,8-9,14H2,1H3. The van der Waals surface area contributed by atoms with E-state index < -0.39 is 0 Å². The molecule has 98 valence electrons. The molecule has 0 radical (unpaired) electrons. The molecule has 5 nitrogen and oxygen atoms in total. The number of anilines is 1. The number of nitrogens with zero attached hydrogens (tertiary/aromatic N) is 2. The topological polar surface area (TPSA) is 68.5 Å². The monoisotopic (exact) mass is 249 g/mol. The van der Waals surface area contributed by atoms with E-state index in [2.05, 4.69) is 4.98 Å². The summed E-state index contributed by atoms with van der Waals surface area (Å²) in [7, 11) is 1.76. The summed E-state index contributed by atoms with van der Waals surface area (Å²) in [5, 5.41) is 0. The zero-order chi connectivity index (χ0) is 13.0. The minimum Gasteiger partial charge on any atom is -0.397 e. The van der Waals surface area contributed by atoms with Crippen molar-refractivity contribution in [3.8, 4) is 0 Å². The minimum absolute atomic E-state index is 0.137. The summed E-state index contributed by atoms with van der Waals surface area (Å²) in [5.74, 6) is -0.151. The Kier molecular flexibility index (Phi) is 4.15. The van der Waals surface area contributed by atoms with E-state index in [4.69, 9.17) is 10.5 Å². The highest BCUT2D eigenvalue weighted by atomic mass is 16.5. The Labute approximate surface area is 107 Å². The number of hydrogen-bond acceptors (Lipinski definition) is 4. The summed E-state index contributed by atoms with van der Waals surface area (Å²) in [6.07, 6.45) is 5.00. The lowest BCUT2D eigenvalue weighted by molar-refractivity contribution is -0.000270. The number of rotatable bonds is 3. The van der Waals surface area contributed by atoms with Gasteiger partial charge < -0.3 is 15.4 Å². The SMILES string of the molecule is CN(CC1CCCCO1)C(=O)c1ncccc1N. The second kappa shape index (κ2) is 5.82. The molecule has 5 heteroatoms. The maximum absolute atomic E-state index is 12.2. The minimum atomic E-state index is -0.151. The first-order valence-corrected chi connectivity index (χ1v) is 6.26. The fourth-order valence-corrected chi connectivity index (χ4v) is 2.12. The van der Waals surface area contributed by atoms with Crippen LogP contribution >= 0.6 is 0 Å². The van der Waals surface area contributed by atoms with E-state index in [1.165, 1.54) is 6.42 Å². The van der Waals surface area contributed by atoms with Crippen LogP contribution in [0.15, 0.2) is 18.3 Å². The maximum atomic E-state index is 12.2. The third-order valence-electron chi connectivity index (χ3n) is 3.14. The molecule has 2 rings (SSSR count). The van der Waals surface area contributed by atoms with Crippen LogP contribution in [0.2, 0.25) is 0 Å². The number of likely N-dealkylation sites (N-methyl/N-ethyl adjacent to an activating group) is 1. The van der Waals surface area contributed by atoms with Crippen molar-refractivity contribution < 1.29 is 9.53 Å². The molecule has 1 fully saturated rings. The number of aromatic nitrogens is 1. The average Bonchev–Trinajstić information content (AvgIpc) is 2.39. The van der Waals surface area contributed by atoms with Gasteiger partial charge in [0.15, 0.2) is 5.69 Å². The molecule has 1 amide bonds. The van der Waals surface area contributed by atoms with Crippen LogP contribution in [-0.2, 0) is 4.74 Å². The van der Waals surface area contributed by atoms with E-state index in [1.54, 1.807) is 30.3 Å². The highest BCUT2D eigenvalue weighted by Crippen LogP contribution is 2.15. The third kappa shape index (κ3) is 2.98. The molecule has 1 aliphatic rings. The number of nitrogen functional groups attached to an aromatic ring is 1. The van der Waals surface area contributed by atoms with Crippen molar-refractivity contribution >= 4 is 11.6 Å². The first-order chi connectivity index (χ1) is 8.68. The van der Waals surface area contributed by atoms with E-state index in [1.807, 2.05) is 0 Å². The average molecular weight is 249 g/mol. The number of carbonyl (C=O) groups is 1. The Bertz CT molecular complexity index is 416. The van der Waals surface area contributed by atoms with Gasteiger partial charge in [0.25, 0.3) is 5.91 Å². The molecule has 18 heavy (non-hydrogen) atoms. The number of carbonyl (C=O) groups excluding carboxylic acids is 1. The summed E-state index contributed by atoms with van der Waals surface area (Å²) in [4.78, 5) is 17.8. The van der Waals surface area contributed by atoms with E-state index in [9.17, 15) is 4.79 Å². The third-order valence-corrected chi connectivity index (χ3v) is 3.14. The van der Waals surface area contributed by atoms with Gasteiger partial charge in [0.1, 0.15) is 0 Å². The summed E-state index contributed by atoms with van der Waals surface area (Å²) in [6, 6.07) is 3.40. The van der Waals surface area contributed by atoms with Gasteiger partial charge in [-0.3, -0.25) is 4.79 Å². The van der Waals surface area contributed by atoms with Crippen LogP contribution in [0.25, 0.3) is 0 Å². The van der Waals surface area contributed by atoms with Gasteiger partial charge in [-0.15, -0.1) is 0 Å². The van der Waals surface area contributed by atoms with Crippen molar-refractivity contribution in [3.63, 3.8) is 0 Å². The molecule has 0 aliphatic carbocycles. The van der Waals surface area contributed by atoms with Gasteiger partial charge >= 0.3 is 0 Å². The molecule has 1 unspecified atom stereocenters. The molecule has 1 aliphatic heterocycles. The van der Waals surface area contributed by atoms with Crippen LogP contribution in [0.1, 0.15) is 29.8 Å². The van der Waals surface area contributed by atoms with Crippen molar-refractivity contribution in [2.75, 3.05) is 25.9 Å². The lowest BCUT2D eigenvalue weighted by atomic mass is 10.1. The predicted octanol–water partition coefficient (Wildman–Crippen LogP) is 1.30. The Morgan fingerprint density at radius 1 is 1.61 bits per heavy atom. The molecular weight excluding hydrogens is 230 g/mol. The van der Waals surface area contributed by atoms with Gasteiger partial charge in [-0.05, 0) is 31.4 Å². The van der Waals surface area contributed by atoms with Gasteiger partial charge in [0.2, 0.25) is 0 Å². The number of amides is 1. The Balaban J connectivity index is 1.98. The first kappa shape index (κ1) is 12.8. The number of pyridine rings is 1. The summed E-state index contributed by atoms with van der Waals surface area (Å²) in [6.45, 7) is 1.38. The van der Waals surface area contributed by atoms with Crippen molar-refractivity contribution in [3.05, 3.63) is 24.0 Å². The fraction of sp³-hybridized carbons (Fsp3) is 0.538. The predicted molar refractivity (Wildman–Crippen MR) is 69.2 cm³/mol. The quantitative estimate of drug-likeness (QED) is 0.876. The number of hydrogen-bond donors (Lipinski definition) is 1. The lowest BCUT2D eigenvalue weighted by Crippen LogP contribution is -2.37. The van der Waals surface area contributed by atoms with Crippen molar-refractivity contribution in [2.45, 2.75) is 25.4 Å². The highest BCUT2D eigenvalue weighted by Gasteiger charge is 2.21. The van der Waals surface area contributed by atoms with E-state index in [-0.39, 0.29) is 12.0 Å². The molecule has 0 saturated carbocycles. The first-order valence-electron chi connectivity index (χ1n) is 6.26. The van der Waals surface area contributed by atoms with Gasteiger partial charge in [-0.25, -0.2) is 4.98 Å². The molecular formula is C13H19N3O2. The van der Waals surface area contributed by atoms with Crippen LogP contribution in [0.3, 0.4) is 0 Å². The number of ether oxygens (including phenoxy) is 1. The summed E-state index contributed by atoms with van der Waals surface area (Å²) >= 11 is 0. The largest absolute Gasteiger partial charge is 0.397 e. The Hall–Kier alpha value is -1.62. The van der Waals surface area contributed by atoms with Gasteiger partial charge in [0, 0.05) is 26.4 Å². The Morgan fingerprint density at radius 3 is 3.11 bits per heavy atom. The van der Waals surface area contributed by atoms with E-state index >= 15 is 0 Å². The molecule has 0 bridgehead atoms. The van der Waals surface area contributed by atoms with Gasteiger partial charge in [-0.1, -0.05) is 0 Å². The number of nitrogens with two attached hydrogens (primary N) is 1. The normalized spacial score (nSPS) is 19.5. The smallest absolute Gasteiger partial charge is 0.274 e. The van der Waals surface area contributed by atoms with Crippen molar-refractivity contribution in [2.24, 2.45) is 0 Å². The second-order valence-corrected chi connectivity index (χ2v) is 4.62. The van der Waals surface area contributed by atoms with Gasteiger partial charge in [-0.2, -0.15) is 0 Å². The summed E-state index contributed by atoms with van der Waals surface area (Å²) in [5.41, 5.74) is 6.48. The Morgan fingerprint density at radius 2 is 2.44 bits per heavy atom. The summed E-state index contributed by atoms with van der Waals surface area (Å²) < 4.78 is 5.62. The molecule has 2 heterocycles. The van der Waals surface area contributed by atoms with Crippen LogP contribution in [-0.4, -0.2) is 42.1 Å². The molecule has 1 aromatic rings. The zero-order valence-electron chi connectivity index (χ0n) is 10.6. The molecule has 1 atom stereocenters. The van der Waals surface area contributed by atoms with Crippen LogP contribution in [0.5, 0.6) is 0 Å². The van der Waals surface area contributed by atoms with E-state index in [0.29, 0.717) is 17.9 Å². The van der Waals surface area contributed by atoms with E-state index in [0.717, 1.165) is 19.4 Å².